The lowest BCUT2D eigenvalue weighted by atomic mass is 10.4. The van der Waals surface area contributed by atoms with Gasteiger partial charge in [-0.25, -0.2) is 17.5 Å². The Hall–Kier alpha value is -0.820. The highest BCUT2D eigenvalue weighted by atomic mass is 32.2. The van der Waals surface area contributed by atoms with Crippen molar-refractivity contribution < 1.29 is 17.9 Å². The van der Waals surface area contributed by atoms with Crippen LogP contribution in [-0.4, -0.2) is 56.8 Å². The van der Waals surface area contributed by atoms with Crippen LogP contribution in [0.3, 0.4) is 0 Å². The van der Waals surface area contributed by atoms with Gasteiger partial charge in [-0.2, -0.15) is 0 Å². The van der Waals surface area contributed by atoms with Crippen LogP contribution in [0.1, 0.15) is 6.42 Å². The van der Waals surface area contributed by atoms with Crippen molar-refractivity contribution in [2.24, 2.45) is 0 Å². The van der Waals surface area contributed by atoms with Crippen LogP contribution in [0.15, 0.2) is 0 Å². The van der Waals surface area contributed by atoms with Gasteiger partial charge in [0.25, 0.3) is 0 Å². The van der Waals surface area contributed by atoms with Crippen LogP contribution in [0.5, 0.6) is 0 Å². The molecule has 0 unspecified atom stereocenters. The zero-order valence-electron chi connectivity index (χ0n) is 9.00. The van der Waals surface area contributed by atoms with Gasteiger partial charge >= 0.3 is 6.09 Å². The minimum Gasteiger partial charge on any atom is -0.453 e. The van der Waals surface area contributed by atoms with E-state index >= 15 is 0 Å². The van der Waals surface area contributed by atoms with E-state index in [4.69, 9.17) is 0 Å². The van der Waals surface area contributed by atoms with E-state index < -0.39 is 21.5 Å². The third-order valence-corrected chi connectivity index (χ3v) is 4.46. The van der Waals surface area contributed by atoms with Gasteiger partial charge in [-0.15, -0.1) is 0 Å². The van der Waals surface area contributed by atoms with Crippen LogP contribution >= 0.6 is 0 Å². The van der Waals surface area contributed by atoms with E-state index in [1.807, 2.05) is 0 Å². The Morgan fingerprint density at radius 3 is 2.60 bits per heavy atom. The molecule has 1 amide bonds. The number of methoxy groups -OCH3 is 1. The third-order valence-electron chi connectivity index (χ3n) is 2.30. The Morgan fingerprint density at radius 2 is 2.13 bits per heavy atom. The summed E-state index contributed by atoms with van der Waals surface area (Å²) in [6.45, 7) is 0.310. The molecular weight excluding hydrogens is 220 g/mol. The van der Waals surface area contributed by atoms with Crippen molar-refractivity contribution in [3.8, 4) is 0 Å². The maximum Gasteiger partial charge on any atom is 0.410 e. The number of nitrogens with zero attached hydrogens (tertiary/aromatic N) is 2. The number of rotatable bonds is 2. The van der Waals surface area contributed by atoms with E-state index in [1.165, 1.54) is 26.1 Å². The minimum atomic E-state index is -3.45. The Morgan fingerprint density at radius 1 is 1.53 bits per heavy atom. The molecule has 1 radical (unpaired) electrons. The van der Waals surface area contributed by atoms with Gasteiger partial charge in [0, 0.05) is 20.6 Å². The fourth-order valence-corrected chi connectivity index (χ4v) is 2.80. The highest BCUT2D eigenvalue weighted by Gasteiger charge is 2.40. The molecule has 0 aromatic heterocycles. The summed E-state index contributed by atoms with van der Waals surface area (Å²) < 4.78 is 29.3. The lowest BCUT2D eigenvalue weighted by Gasteiger charge is -2.25. The Kier molecular flexibility index (Phi) is 3.56. The maximum absolute atomic E-state index is 11.8. The van der Waals surface area contributed by atoms with Crippen molar-refractivity contribution in [3.63, 3.8) is 0 Å². The largest absolute Gasteiger partial charge is 0.453 e. The first-order chi connectivity index (χ1) is 6.91. The van der Waals surface area contributed by atoms with Crippen LogP contribution in [0.4, 0.5) is 4.79 Å². The van der Waals surface area contributed by atoms with Crippen LogP contribution in [-0.2, 0) is 14.8 Å². The van der Waals surface area contributed by atoms with Crippen molar-refractivity contribution in [3.05, 3.63) is 6.42 Å². The zero-order chi connectivity index (χ0) is 11.6. The Labute approximate surface area is 89.8 Å². The van der Waals surface area contributed by atoms with E-state index in [1.54, 1.807) is 6.42 Å². The highest BCUT2D eigenvalue weighted by molar-refractivity contribution is 7.89. The van der Waals surface area contributed by atoms with Gasteiger partial charge in [0.05, 0.1) is 7.11 Å². The van der Waals surface area contributed by atoms with E-state index in [9.17, 15) is 13.2 Å². The summed E-state index contributed by atoms with van der Waals surface area (Å²) in [5.41, 5.74) is 0. The van der Waals surface area contributed by atoms with E-state index in [0.29, 0.717) is 13.0 Å². The monoisotopic (exact) mass is 235 g/mol. The van der Waals surface area contributed by atoms with Gasteiger partial charge in [0.15, 0.2) is 5.37 Å². The van der Waals surface area contributed by atoms with Gasteiger partial charge in [0.2, 0.25) is 10.0 Å². The number of carbonyl (C=O) groups excluding carboxylic acids is 1. The molecule has 0 aromatic carbocycles. The number of hydrogen-bond acceptors (Lipinski definition) is 4. The maximum atomic E-state index is 11.8. The van der Waals surface area contributed by atoms with Crippen molar-refractivity contribution in [2.75, 3.05) is 27.7 Å². The Bertz CT molecular complexity index is 339. The van der Waals surface area contributed by atoms with Crippen molar-refractivity contribution in [2.45, 2.75) is 11.8 Å². The van der Waals surface area contributed by atoms with Crippen molar-refractivity contribution in [1.29, 1.82) is 0 Å². The quantitative estimate of drug-likeness (QED) is 0.669. The van der Waals surface area contributed by atoms with Gasteiger partial charge in [-0.3, -0.25) is 4.90 Å². The molecule has 0 N–H and O–H groups in total. The second kappa shape index (κ2) is 4.36. The molecular formula is C8H15N2O4S. The summed E-state index contributed by atoms with van der Waals surface area (Å²) in [5, 5.41) is -0.833. The number of hydrogen-bond donors (Lipinski definition) is 0. The molecule has 0 aliphatic carbocycles. The average Bonchev–Trinajstić information content (AvgIpc) is 2.65. The molecule has 1 saturated heterocycles. The van der Waals surface area contributed by atoms with E-state index in [0.717, 1.165) is 4.31 Å². The highest BCUT2D eigenvalue weighted by Crippen LogP contribution is 2.23. The number of likely N-dealkylation sites (tertiary alicyclic amines) is 1. The summed E-state index contributed by atoms with van der Waals surface area (Å²) in [4.78, 5) is 12.5. The van der Waals surface area contributed by atoms with Gasteiger partial charge in [-0.05, 0) is 12.8 Å². The van der Waals surface area contributed by atoms with Gasteiger partial charge in [-0.1, -0.05) is 0 Å². The first-order valence-corrected chi connectivity index (χ1v) is 5.99. The molecule has 1 atom stereocenters. The molecule has 1 aliphatic rings. The van der Waals surface area contributed by atoms with Crippen molar-refractivity contribution >= 4 is 16.1 Å². The predicted molar refractivity (Wildman–Crippen MR) is 54.4 cm³/mol. The van der Waals surface area contributed by atoms with Gasteiger partial charge in [0.1, 0.15) is 0 Å². The molecule has 15 heavy (non-hydrogen) atoms. The smallest absolute Gasteiger partial charge is 0.410 e. The number of amides is 1. The summed E-state index contributed by atoms with van der Waals surface area (Å²) in [6.07, 6.45) is 1.48. The zero-order valence-corrected chi connectivity index (χ0v) is 9.82. The SMILES string of the molecule is COC(=O)N1C[CH]C[C@H]1S(=O)(=O)N(C)C. The topological polar surface area (TPSA) is 66.9 Å². The molecule has 0 saturated carbocycles. The third kappa shape index (κ3) is 2.23. The molecule has 1 aliphatic heterocycles. The molecule has 1 fully saturated rings. The molecule has 7 heteroatoms. The normalized spacial score (nSPS) is 22.1. The van der Waals surface area contributed by atoms with Crippen LogP contribution in [0, 0.1) is 6.42 Å². The number of sulfonamides is 1. The summed E-state index contributed by atoms with van der Waals surface area (Å²) in [7, 11) is 0.677. The first-order valence-electron chi connectivity index (χ1n) is 4.49. The molecule has 6 nitrogen and oxygen atoms in total. The fraction of sp³-hybridized carbons (Fsp3) is 0.750. The fourth-order valence-electron chi connectivity index (χ4n) is 1.44. The van der Waals surface area contributed by atoms with Crippen LogP contribution in [0.25, 0.3) is 0 Å². The molecule has 0 aromatic rings. The van der Waals surface area contributed by atoms with E-state index in [2.05, 4.69) is 4.74 Å². The number of carbonyl (C=O) groups is 1. The number of ether oxygens (including phenoxy) is 1. The van der Waals surface area contributed by atoms with Crippen molar-refractivity contribution in [1.82, 2.24) is 9.21 Å². The van der Waals surface area contributed by atoms with Gasteiger partial charge < -0.3 is 4.74 Å². The van der Waals surface area contributed by atoms with Crippen LogP contribution < -0.4 is 0 Å². The Balaban J connectivity index is 2.91. The molecule has 1 rings (SSSR count). The molecule has 87 valence electrons. The summed E-state index contributed by atoms with van der Waals surface area (Å²) in [5.74, 6) is 0. The average molecular weight is 235 g/mol. The summed E-state index contributed by atoms with van der Waals surface area (Å²) >= 11 is 0. The standard InChI is InChI=1S/C8H15N2O4S/c1-9(2)15(12,13)7-5-4-6-10(7)8(11)14-3/h4,7H,5-6H2,1-3H3/t7-/m1/s1. The van der Waals surface area contributed by atoms with E-state index in [-0.39, 0.29) is 0 Å². The summed E-state index contributed by atoms with van der Waals surface area (Å²) in [6, 6.07) is 0. The second-order valence-corrected chi connectivity index (χ2v) is 5.73. The van der Waals surface area contributed by atoms with Crippen LogP contribution in [0.2, 0.25) is 0 Å². The lowest BCUT2D eigenvalue weighted by molar-refractivity contribution is 0.128. The predicted octanol–water partition coefficient (Wildman–Crippen LogP) is -0.120. The minimum absolute atomic E-state index is 0.310. The molecule has 0 bridgehead atoms. The lowest BCUT2D eigenvalue weighted by Crippen LogP contribution is -2.45. The second-order valence-electron chi connectivity index (χ2n) is 3.43. The first kappa shape index (κ1) is 12.3. The molecule has 0 spiro atoms. The molecule has 1 heterocycles.